The van der Waals surface area contributed by atoms with E-state index >= 15 is 0 Å². The summed E-state index contributed by atoms with van der Waals surface area (Å²) >= 11 is 0. The molecule has 2 N–H and O–H groups in total. The Balaban J connectivity index is 2.16. The molecule has 0 aliphatic carbocycles. The molecule has 0 bridgehead atoms. The van der Waals surface area contributed by atoms with Gasteiger partial charge in [-0.1, -0.05) is 6.92 Å². The third-order valence-corrected chi connectivity index (χ3v) is 4.07. The molecule has 0 spiro atoms. The van der Waals surface area contributed by atoms with Crippen molar-refractivity contribution in [1.29, 1.82) is 0 Å². The molecule has 0 saturated carbocycles. The summed E-state index contributed by atoms with van der Waals surface area (Å²) in [6.45, 7) is 5.03. The third-order valence-electron chi connectivity index (χ3n) is 4.07. The van der Waals surface area contributed by atoms with Crippen molar-refractivity contribution in [3.63, 3.8) is 0 Å². The van der Waals surface area contributed by atoms with E-state index in [2.05, 4.69) is 16.8 Å². The van der Waals surface area contributed by atoms with Crippen molar-refractivity contribution in [3.05, 3.63) is 17.7 Å². The lowest BCUT2D eigenvalue weighted by Crippen LogP contribution is -2.43. The first-order chi connectivity index (χ1) is 9.81. The average molecular weight is 302 g/mol. The molecule has 0 radical (unpaired) electrons. The van der Waals surface area contributed by atoms with Crippen molar-refractivity contribution in [2.24, 2.45) is 0 Å². The van der Waals surface area contributed by atoms with Crippen molar-refractivity contribution >= 4 is 11.6 Å². The van der Waals surface area contributed by atoms with Gasteiger partial charge in [0.15, 0.2) is 0 Å². The molecule has 4 nitrogen and oxygen atoms in total. The van der Waals surface area contributed by atoms with Gasteiger partial charge in [-0.25, -0.2) is 4.98 Å². The molecule has 1 fully saturated rings. The molecule has 0 unspecified atom stereocenters. The van der Waals surface area contributed by atoms with E-state index in [-0.39, 0.29) is 17.7 Å². The zero-order chi connectivity index (χ0) is 15.6. The Bertz CT molecular complexity index is 482. The van der Waals surface area contributed by atoms with Gasteiger partial charge < -0.3 is 15.5 Å². The zero-order valence-corrected chi connectivity index (χ0v) is 12.3. The van der Waals surface area contributed by atoms with Crippen molar-refractivity contribution in [2.45, 2.75) is 32.0 Å². The molecule has 0 aromatic carbocycles. The second kappa shape index (κ2) is 6.09. The van der Waals surface area contributed by atoms with Crippen molar-refractivity contribution in [2.75, 3.05) is 37.3 Å². The molecule has 1 saturated heterocycles. The molecule has 1 aliphatic heterocycles. The molecule has 1 aromatic heterocycles. The second-order valence-electron chi connectivity index (χ2n) is 5.41. The summed E-state index contributed by atoms with van der Waals surface area (Å²) in [5.41, 5.74) is 4.77. The number of alkyl halides is 3. The predicted octanol–water partition coefficient (Wildman–Crippen LogP) is 2.60. The molecule has 7 heteroatoms. The fraction of sp³-hybridized carbons (Fsp3) is 0.643. The molecule has 21 heavy (non-hydrogen) atoms. The number of rotatable bonds is 3. The summed E-state index contributed by atoms with van der Waals surface area (Å²) in [7, 11) is 1.79. The Hall–Kier alpha value is -1.50. The van der Waals surface area contributed by atoms with Gasteiger partial charge in [-0.3, -0.25) is 0 Å². The number of pyridine rings is 1. The van der Waals surface area contributed by atoms with Gasteiger partial charge in [0.2, 0.25) is 0 Å². The minimum Gasteiger partial charge on any atom is -0.384 e. The summed E-state index contributed by atoms with van der Waals surface area (Å²) in [5, 5.41) is 0. The molecule has 1 aromatic rings. The molecule has 118 valence electrons. The number of halogens is 3. The topological polar surface area (TPSA) is 45.4 Å². The highest BCUT2D eigenvalue weighted by atomic mass is 19.4. The van der Waals surface area contributed by atoms with Crippen LogP contribution in [-0.2, 0) is 6.18 Å². The van der Waals surface area contributed by atoms with E-state index in [0.29, 0.717) is 0 Å². The van der Waals surface area contributed by atoms with Crippen LogP contribution >= 0.6 is 0 Å². The van der Waals surface area contributed by atoms with Gasteiger partial charge in [-0.2, -0.15) is 13.2 Å². The zero-order valence-electron chi connectivity index (χ0n) is 12.3. The van der Waals surface area contributed by atoms with Crippen LogP contribution in [0.15, 0.2) is 12.1 Å². The van der Waals surface area contributed by atoms with Crippen LogP contribution in [0.25, 0.3) is 0 Å². The van der Waals surface area contributed by atoms with E-state index in [4.69, 9.17) is 5.73 Å². The quantitative estimate of drug-likeness (QED) is 0.932. The molecule has 0 atom stereocenters. The van der Waals surface area contributed by atoms with E-state index < -0.39 is 11.7 Å². The van der Waals surface area contributed by atoms with Gasteiger partial charge in [-0.05, 0) is 31.5 Å². The minimum atomic E-state index is -4.40. The summed E-state index contributed by atoms with van der Waals surface area (Å²) in [5.74, 6) is 0.190. The lowest BCUT2D eigenvalue weighted by Gasteiger charge is -2.37. The summed E-state index contributed by atoms with van der Waals surface area (Å²) in [4.78, 5) is 8.20. The number of nitrogens with two attached hydrogens (primary N) is 1. The van der Waals surface area contributed by atoms with Gasteiger partial charge in [0, 0.05) is 26.2 Å². The predicted molar refractivity (Wildman–Crippen MR) is 77.2 cm³/mol. The van der Waals surface area contributed by atoms with Crippen LogP contribution in [0.1, 0.15) is 25.3 Å². The standard InChI is InChI=1S/C14H21F3N4/c1-3-21-6-4-11(5-7-21)20(2)13-9-10(14(15,16)17)8-12(18)19-13/h8-9,11H,3-7H2,1-2H3,(H2,18,19). The first-order valence-corrected chi connectivity index (χ1v) is 7.11. The molecule has 0 amide bonds. The Morgan fingerprint density at radius 3 is 2.48 bits per heavy atom. The number of hydrogen-bond donors (Lipinski definition) is 1. The number of nitrogen functional groups attached to an aromatic ring is 1. The third kappa shape index (κ3) is 3.78. The number of aromatic nitrogens is 1. The molecular weight excluding hydrogens is 281 g/mol. The van der Waals surface area contributed by atoms with Crippen LogP contribution in [0.5, 0.6) is 0 Å². The number of piperidine rings is 1. The smallest absolute Gasteiger partial charge is 0.384 e. The minimum absolute atomic E-state index is 0.0994. The van der Waals surface area contributed by atoms with Crippen molar-refractivity contribution in [3.8, 4) is 0 Å². The Labute approximate surface area is 122 Å². The maximum atomic E-state index is 12.8. The maximum absolute atomic E-state index is 12.8. The number of likely N-dealkylation sites (tertiary alicyclic amines) is 1. The van der Waals surface area contributed by atoms with Crippen molar-refractivity contribution < 1.29 is 13.2 Å². The van der Waals surface area contributed by atoms with Crippen LogP contribution in [0.4, 0.5) is 24.8 Å². The lowest BCUT2D eigenvalue weighted by atomic mass is 10.0. The van der Waals surface area contributed by atoms with E-state index in [1.807, 2.05) is 4.90 Å². The van der Waals surface area contributed by atoms with Gasteiger partial charge in [-0.15, -0.1) is 0 Å². The second-order valence-corrected chi connectivity index (χ2v) is 5.41. The average Bonchev–Trinajstić information content (AvgIpc) is 2.45. The molecule has 1 aliphatic rings. The van der Waals surface area contributed by atoms with Crippen LogP contribution < -0.4 is 10.6 Å². The van der Waals surface area contributed by atoms with E-state index in [0.717, 1.165) is 44.6 Å². The van der Waals surface area contributed by atoms with E-state index in [1.54, 1.807) is 7.05 Å². The SMILES string of the molecule is CCN1CCC(N(C)c2cc(C(F)(F)F)cc(N)n2)CC1. The number of nitrogens with zero attached hydrogens (tertiary/aromatic N) is 3. The molecular formula is C14H21F3N4. The summed E-state index contributed by atoms with van der Waals surface area (Å²) in [6.07, 6.45) is -2.57. The van der Waals surface area contributed by atoms with Gasteiger partial charge in [0.1, 0.15) is 11.6 Å². The highest BCUT2D eigenvalue weighted by Crippen LogP contribution is 2.33. The maximum Gasteiger partial charge on any atom is 0.416 e. The summed E-state index contributed by atoms with van der Waals surface area (Å²) < 4.78 is 38.5. The van der Waals surface area contributed by atoms with Gasteiger partial charge >= 0.3 is 6.18 Å². The normalized spacial score (nSPS) is 18.0. The first kappa shape index (κ1) is 15.9. The van der Waals surface area contributed by atoms with Gasteiger partial charge in [0.05, 0.1) is 5.56 Å². The van der Waals surface area contributed by atoms with Crippen LogP contribution in [-0.4, -0.2) is 42.6 Å². The summed E-state index contributed by atoms with van der Waals surface area (Å²) in [6, 6.07) is 2.14. The molecule has 2 rings (SSSR count). The van der Waals surface area contributed by atoms with Crippen LogP contribution in [0.3, 0.4) is 0 Å². The first-order valence-electron chi connectivity index (χ1n) is 7.11. The Morgan fingerprint density at radius 1 is 1.33 bits per heavy atom. The largest absolute Gasteiger partial charge is 0.416 e. The number of hydrogen-bond acceptors (Lipinski definition) is 4. The van der Waals surface area contributed by atoms with E-state index in [9.17, 15) is 13.2 Å². The monoisotopic (exact) mass is 302 g/mol. The van der Waals surface area contributed by atoms with E-state index in [1.165, 1.54) is 0 Å². The van der Waals surface area contributed by atoms with Crippen LogP contribution in [0.2, 0.25) is 0 Å². The lowest BCUT2D eigenvalue weighted by molar-refractivity contribution is -0.137. The number of anilines is 2. The highest BCUT2D eigenvalue weighted by molar-refractivity contribution is 5.49. The Kier molecular flexibility index (Phi) is 4.61. The van der Waals surface area contributed by atoms with Crippen LogP contribution in [0, 0.1) is 0 Å². The van der Waals surface area contributed by atoms with Crippen molar-refractivity contribution in [1.82, 2.24) is 9.88 Å². The van der Waals surface area contributed by atoms with Gasteiger partial charge in [0.25, 0.3) is 0 Å². The fourth-order valence-corrected chi connectivity index (χ4v) is 2.69. The fourth-order valence-electron chi connectivity index (χ4n) is 2.69. The Morgan fingerprint density at radius 2 is 1.95 bits per heavy atom. The molecule has 2 heterocycles. The highest BCUT2D eigenvalue weighted by Gasteiger charge is 2.32.